The highest BCUT2D eigenvalue weighted by atomic mass is 35.5. The van der Waals surface area contributed by atoms with Crippen LogP contribution in [-0.4, -0.2) is 11.0 Å². The molecule has 1 rings (SSSR count). The van der Waals surface area contributed by atoms with Crippen LogP contribution >= 0.6 is 11.6 Å². The Morgan fingerprint density at radius 1 is 1.40 bits per heavy atom. The van der Waals surface area contributed by atoms with Crippen LogP contribution in [0.4, 0.5) is 0 Å². The normalized spacial score (nSPS) is 18.1. The summed E-state index contributed by atoms with van der Waals surface area (Å²) >= 11 is 5.04. The van der Waals surface area contributed by atoms with Gasteiger partial charge in [-0.1, -0.05) is 6.42 Å². The molecule has 56 valence electrons. The molecule has 0 aromatic heterocycles. The third-order valence-corrected chi connectivity index (χ3v) is 2.01. The summed E-state index contributed by atoms with van der Waals surface area (Å²) in [5.41, 5.74) is 0. The molecule has 1 aliphatic rings. The number of carbonyl (C=O) groups is 2. The molecular weight excluding hydrogens is 152 g/mol. The molecule has 0 saturated heterocycles. The monoisotopic (exact) mass is 160 g/mol. The lowest BCUT2D eigenvalue weighted by atomic mass is 9.81. The third kappa shape index (κ3) is 1.81. The lowest BCUT2D eigenvalue weighted by molar-refractivity contribution is -0.128. The molecule has 0 bridgehead atoms. The Hall–Kier alpha value is -0.370. The van der Waals surface area contributed by atoms with Crippen molar-refractivity contribution in [2.45, 2.75) is 25.7 Å². The maximum Gasteiger partial charge on any atom is 0.229 e. The maximum absolute atomic E-state index is 10.9. The summed E-state index contributed by atoms with van der Waals surface area (Å²) in [6.45, 7) is 0. The molecule has 0 aliphatic heterocycles. The zero-order chi connectivity index (χ0) is 7.56. The SMILES string of the molecule is O=C(Cl)CC(=O)C1CCC1. The van der Waals surface area contributed by atoms with E-state index in [0.29, 0.717) is 0 Å². The van der Waals surface area contributed by atoms with Gasteiger partial charge in [-0.05, 0) is 24.4 Å². The summed E-state index contributed by atoms with van der Waals surface area (Å²) < 4.78 is 0. The molecule has 0 N–H and O–H groups in total. The van der Waals surface area contributed by atoms with Gasteiger partial charge in [0.05, 0.1) is 6.42 Å². The Morgan fingerprint density at radius 2 is 2.00 bits per heavy atom. The quantitative estimate of drug-likeness (QED) is 0.463. The minimum atomic E-state index is -0.531. The zero-order valence-electron chi connectivity index (χ0n) is 5.60. The van der Waals surface area contributed by atoms with Crippen molar-refractivity contribution in [3.63, 3.8) is 0 Å². The standard InChI is InChI=1S/C7H9ClO2/c8-7(10)4-6(9)5-2-1-3-5/h5H,1-4H2. The second-order valence-electron chi connectivity index (χ2n) is 2.63. The van der Waals surface area contributed by atoms with Crippen molar-refractivity contribution in [2.75, 3.05) is 0 Å². The Kier molecular flexibility index (Phi) is 2.44. The van der Waals surface area contributed by atoms with Gasteiger partial charge in [-0.25, -0.2) is 0 Å². The number of Topliss-reactive ketones (excluding diaryl/α,β-unsaturated/α-hetero) is 1. The highest BCUT2D eigenvalue weighted by molar-refractivity contribution is 6.64. The average molecular weight is 161 g/mol. The van der Waals surface area contributed by atoms with Gasteiger partial charge in [-0.3, -0.25) is 9.59 Å². The van der Waals surface area contributed by atoms with E-state index in [0.717, 1.165) is 19.3 Å². The summed E-state index contributed by atoms with van der Waals surface area (Å²) in [5, 5.41) is -0.531. The molecule has 1 saturated carbocycles. The molecular formula is C7H9ClO2. The number of ketones is 1. The fourth-order valence-corrected chi connectivity index (χ4v) is 1.14. The van der Waals surface area contributed by atoms with Gasteiger partial charge in [0.2, 0.25) is 5.24 Å². The Morgan fingerprint density at radius 3 is 2.30 bits per heavy atom. The molecule has 0 heterocycles. The topological polar surface area (TPSA) is 34.1 Å². The number of hydrogen-bond acceptors (Lipinski definition) is 2. The van der Waals surface area contributed by atoms with Crippen LogP contribution in [-0.2, 0) is 9.59 Å². The molecule has 0 unspecified atom stereocenters. The van der Waals surface area contributed by atoms with Crippen molar-refractivity contribution >= 4 is 22.6 Å². The van der Waals surface area contributed by atoms with E-state index in [1.165, 1.54) is 0 Å². The molecule has 3 heteroatoms. The molecule has 2 nitrogen and oxygen atoms in total. The Balaban J connectivity index is 2.27. The van der Waals surface area contributed by atoms with Crippen LogP contribution in [0.2, 0.25) is 0 Å². The first-order valence-corrected chi connectivity index (χ1v) is 3.79. The number of hydrogen-bond donors (Lipinski definition) is 0. The van der Waals surface area contributed by atoms with E-state index in [1.807, 2.05) is 0 Å². The summed E-state index contributed by atoms with van der Waals surface area (Å²) in [6, 6.07) is 0. The largest absolute Gasteiger partial charge is 0.299 e. The Labute approximate surface area is 64.5 Å². The van der Waals surface area contributed by atoms with Gasteiger partial charge in [0.25, 0.3) is 0 Å². The zero-order valence-corrected chi connectivity index (χ0v) is 6.36. The predicted octanol–water partition coefficient (Wildman–Crippen LogP) is 1.51. The molecule has 0 radical (unpaired) electrons. The van der Waals surface area contributed by atoms with Crippen LogP contribution in [0.5, 0.6) is 0 Å². The lowest BCUT2D eigenvalue weighted by Gasteiger charge is -2.22. The maximum atomic E-state index is 10.9. The molecule has 10 heavy (non-hydrogen) atoms. The van der Waals surface area contributed by atoms with Gasteiger partial charge in [0.1, 0.15) is 5.78 Å². The van der Waals surface area contributed by atoms with E-state index in [9.17, 15) is 9.59 Å². The minimum Gasteiger partial charge on any atom is -0.299 e. The molecule has 1 aliphatic carbocycles. The van der Waals surface area contributed by atoms with E-state index in [4.69, 9.17) is 11.6 Å². The van der Waals surface area contributed by atoms with E-state index >= 15 is 0 Å². The van der Waals surface area contributed by atoms with Crippen molar-refractivity contribution in [1.29, 1.82) is 0 Å². The van der Waals surface area contributed by atoms with Crippen LogP contribution < -0.4 is 0 Å². The van der Waals surface area contributed by atoms with Gasteiger partial charge in [0, 0.05) is 5.92 Å². The number of halogens is 1. The number of carbonyl (C=O) groups excluding carboxylic acids is 2. The van der Waals surface area contributed by atoms with Crippen LogP contribution in [0.25, 0.3) is 0 Å². The predicted molar refractivity (Wildman–Crippen MR) is 37.8 cm³/mol. The molecule has 0 spiro atoms. The van der Waals surface area contributed by atoms with E-state index < -0.39 is 5.24 Å². The van der Waals surface area contributed by atoms with Gasteiger partial charge in [-0.2, -0.15) is 0 Å². The fraction of sp³-hybridized carbons (Fsp3) is 0.714. The molecule has 1 fully saturated rings. The van der Waals surface area contributed by atoms with Crippen LogP contribution in [0.1, 0.15) is 25.7 Å². The minimum absolute atomic E-state index is 0.0197. The van der Waals surface area contributed by atoms with Crippen LogP contribution in [0.15, 0.2) is 0 Å². The van der Waals surface area contributed by atoms with Gasteiger partial charge >= 0.3 is 0 Å². The Bertz CT molecular complexity index is 161. The van der Waals surface area contributed by atoms with E-state index in [-0.39, 0.29) is 18.1 Å². The van der Waals surface area contributed by atoms with E-state index in [2.05, 4.69) is 0 Å². The van der Waals surface area contributed by atoms with Crippen molar-refractivity contribution < 1.29 is 9.59 Å². The summed E-state index contributed by atoms with van der Waals surface area (Å²) in [6.07, 6.45) is 2.94. The van der Waals surface area contributed by atoms with Crippen molar-refractivity contribution in [3.8, 4) is 0 Å². The molecule has 0 aromatic rings. The average Bonchev–Trinajstić information content (AvgIpc) is 1.55. The molecule has 0 atom stereocenters. The van der Waals surface area contributed by atoms with Crippen molar-refractivity contribution in [3.05, 3.63) is 0 Å². The van der Waals surface area contributed by atoms with Gasteiger partial charge in [-0.15, -0.1) is 0 Å². The van der Waals surface area contributed by atoms with Crippen LogP contribution in [0.3, 0.4) is 0 Å². The summed E-state index contributed by atoms with van der Waals surface area (Å²) in [4.78, 5) is 21.2. The summed E-state index contributed by atoms with van der Waals surface area (Å²) in [5.74, 6) is 0.161. The van der Waals surface area contributed by atoms with Crippen molar-refractivity contribution in [1.82, 2.24) is 0 Å². The second kappa shape index (κ2) is 3.15. The smallest absolute Gasteiger partial charge is 0.229 e. The third-order valence-electron chi connectivity index (χ3n) is 1.87. The summed E-state index contributed by atoms with van der Waals surface area (Å²) in [7, 11) is 0. The highest BCUT2D eigenvalue weighted by Gasteiger charge is 2.25. The van der Waals surface area contributed by atoms with E-state index in [1.54, 1.807) is 0 Å². The van der Waals surface area contributed by atoms with Gasteiger partial charge in [0.15, 0.2) is 0 Å². The lowest BCUT2D eigenvalue weighted by Crippen LogP contribution is -2.22. The second-order valence-corrected chi connectivity index (χ2v) is 3.05. The van der Waals surface area contributed by atoms with Crippen molar-refractivity contribution in [2.24, 2.45) is 5.92 Å². The first-order chi connectivity index (χ1) is 4.70. The molecule has 0 amide bonds. The first-order valence-electron chi connectivity index (χ1n) is 3.41. The molecule has 0 aromatic carbocycles. The fourth-order valence-electron chi connectivity index (χ4n) is 1.01. The van der Waals surface area contributed by atoms with Gasteiger partial charge < -0.3 is 0 Å². The highest BCUT2D eigenvalue weighted by Crippen LogP contribution is 2.28. The first kappa shape index (κ1) is 7.73. The number of rotatable bonds is 3. The van der Waals surface area contributed by atoms with Crippen LogP contribution in [0, 0.1) is 5.92 Å².